The van der Waals surface area contributed by atoms with E-state index in [4.69, 9.17) is 4.74 Å². The molecule has 0 bridgehead atoms. The number of ether oxygens (including phenoxy) is 1. The summed E-state index contributed by atoms with van der Waals surface area (Å²) >= 11 is 3.43. The van der Waals surface area contributed by atoms with E-state index in [1.807, 2.05) is 48.6 Å². The van der Waals surface area contributed by atoms with Crippen LogP contribution >= 0.6 is 15.9 Å². The van der Waals surface area contributed by atoms with Crippen LogP contribution in [0.15, 0.2) is 95.1 Å². The number of hydrogen-bond acceptors (Lipinski definition) is 2. The second kappa shape index (κ2) is 8.05. The summed E-state index contributed by atoms with van der Waals surface area (Å²) in [5, 5.41) is 1.11. The summed E-state index contributed by atoms with van der Waals surface area (Å²) in [6.07, 6.45) is 5.85. The molecule has 4 aromatic rings. The third kappa shape index (κ3) is 3.99. The highest BCUT2D eigenvalue weighted by molar-refractivity contribution is 9.10. The molecule has 4 heteroatoms. The van der Waals surface area contributed by atoms with E-state index in [0.717, 1.165) is 33.0 Å². The Morgan fingerprint density at radius 2 is 1.81 bits per heavy atom. The second-order valence-electron chi connectivity index (χ2n) is 7.72. The van der Waals surface area contributed by atoms with E-state index in [9.17, 15) is 4.79 Å². The number of carbonyl (C=O) groups is 1. The lowest BCUT2D eigenvalue weighted by Gasteiger charge is -2.06. The number of aromatic nitrogens is 1. The maximum atomic E-state index is 12.5. The number of carbonyl (C=O) groups excluding carboxylic acids is 1. The first-order valence-corrected chi connectivity index (χ1v) is 10.9. The molecule has 2 heterocycles. The Bertz CT molecular complexity index is 1360. The van der Waals surface area contributed by atoms with Crippen LogP contribution in [0.5, 0.6) is 0 Å². The topological polar surface area (TPSA) is 31.2 Å². The monoisotopic (exact) mass is 469 g/mol. The van der Waals surface area contributed by atoms with Gasteiger partial charge in [-0.15, -0.1) is 0 Å². The molecule has 0 spiro atoms. The molecular weight excluding hydrogens is 450 g/mol. The number of benzene rings is 3. The van der Waals surface area contributed by atoms with Crippen molar-refractivity contribution in [2.45, 2.75) is 13.5 Å². The number of rotatable bonds is 4. The van der Waals surface area contributed by atoms with Gasteiger partial charge in [-0.3, -0.25) is 0 Å². The summed E-state index contributed by atoms with van der Waals surface area (Å²) in [5.74, 6) is 0.251. The van der Waals surface area contributed by atoms with Crippen LogP contribution in [0.2, 0.25) is 0 Å². The number of hydrogen-bond donors (Lipinski definition) is 0. The zero-order chi connectivity index (χ0) is 21.4. The molecular formula is C27H20BrNO2. The average molecular weight is 470 g/mol. The van der Waals surface area contributed by atoms with Crippen molar-refractivity contribution >= 4 is 44.6 Å². The van der Waals surface area contributed by atoms with E-state index in [2.05, 4.69) is 70.0 Å². The number of halogens is 1. The van der Waals surface area contributed by atoms with Crippen molar-refractivity contribution in [3.63, 3.8) is 0 Å². The Hall–Kier alpha value is -3.37. The summed E-state index contributed by atoms with van der Waals surface area (Å²) in [6.45, 7) is 2.88. The lowest BCUT2D eigenvalue weighted by atomic mass is 10.1. The Morgan fingerprint density at radius 1 is 1.00 bits per heavy atom. The van der Waals surface area contributed by atoms with E-state index in [-0.39, 0.29) is 5.97 Å². The highest BCUT2D eigenvalue weighted by atomic mass is 79.9. The number of nitrogens with zero attached hydrogens (tertiary/aromatic N) is 1. The van der Waals surface area contributed by atoms with Gasteiger partial charge >= 0.3 is 5.97 Å². The van der Waals surface area contributed by atoms with Crippen molar-refractivity contribution in [1.82, 2.24) is 4.57 Å². The summed E-state index contributed by atoms with van der Waals surface area (Å²) in [5.41, 5.74) is 6.06. The normalized spacial score (nSPS) is 14.8. The molecule has 1 aliphatic heterocycles. The first kappa shape index (κ1) is 19.6. The molecule has 0 N–H and O–H groups in total. The summed E-state index contributed by atoms with van der Waals surface area (Å²) in [6, 6.07) is 24.5. The van der Waals surface area contributed by atoms with E-state index >= 15 is 0 Å². The molecule has 1 aliphatic rings. The quantitative estimate of drug-likeness (QED) is 0.244. The van der Waals surface area contributed by atoms with Gasteiger partial charge < -0.3 is 9.30 Å². The number of fused-ring (bicyclic) bond motifs is 1. The fourth-order valence-electron chi connectivity index (χ4n) is 3.94. The smallest absolute Gasteiger partial charge is 0.343 e. The molecule has 3 nitrogen and oxygen atoms in total. The maximum Gasteiger partial charge on any atom is 0.343 e. The number of para-hydroxylation sites is 1. The molecule has 0 amide bonds. The van der Waals surface area contributed by atoms with Gasteiger partial charge in [0.2, 0.25) is 0 Å². The minimum atomic E-state index is -0.326. The van der Waals surface area contributed by atoms with Gasteiger partial charge in [-0.25, -0.2) is 4.79 Å². The number of esters is 1. The molecule has 5 rings (SSSR count). The third-order valence-corrected chi connectivity index (χ3v) is 5.95. The Kier molecular flexibility index (Phi) is 5.08. The van der Waals surface area contributed by atoms with E-state index < -0.39 is 0 Å². The first-order valence-electron chi connectivity index (χ1n) is 10.1. The van der Waals surface area contributed by atoms with Gasteiger partial charge in [-0.2, -0.15) is 0 Å². The van der Waals surface area contributed by atoms with Crippen LogP contribution in [0.3, 0.4) is 0 Å². The zero-order valence-electron chi connectivity index (χ0n) is 17.0. The van der Waals surface area contributed by atoms with Gasteiger partial charge in [0.25, 0.3) is 0 Å². The first-order chi connectivity index (χ1) is 15.1. The van der Waals surface area contributed by atoms with Crippen molar-refractivity contribution in [2.75, 3.05) is 0 Å². The zero-order valence-corrected chi connectivity index (χ0v) is 18.6. The van der Waals surface area contributed by atoms with Gasteiger partial charge in [-0.1, -0.05) is 76.1 Å². The molecule has 3 aromatic carbocycles. The lowest BCUT2D eigenvalue weighted by molar-refractivity contribution is -0.130. The standard InChI is InChI=1S/C27H20BrNO2/c1-18-5-4-6-19(13-18)16-29-17-22(24-7-2-3-8-25(24)29)14-21-15-26(31-27(21)30)20-9-11-23(28)12-10-20/h2-15,17H,16H2,1H3. The van der Waals surface area contributed by atoms with Gasteiger partial charge in [0.05, 0.1) is 5.57 Å². The van der Waals surface area contributed by atoms with Crippen molar-refractivity contribution in [2.24, 2.45) is 0 Å². The largest absolute Gasteiger partial charge is 0.422 e. The highest BCUT2D eigenvalue weighted by Gasteiger charge is 2.22. The molecule has 0 unspecified atom stereocenters. The maximum absolute atomic E-state index is 12.5. The van der Waals surface area contributed by atoms with Gasteiger partial charge in [-0.05, 0) is 42.8 Å². The van der Waals surface area contributed by atoms with Crippen molar-refractivity contribution < 1.29 is 9.53 Å². The summed E-state index contributed by atoms with van der Waals surface area (Å²) in [4.78, 5) is 12.5. The molecule has 0 saturated heterocycles. The van der Waals surface area contributed by atoms with Gasteiger partial charge in [0.1, 0.15) is 5.76 Å². The van der Waals surface area contributed by atoms with Crippen LogP contribution in [-0.4, -0.2) is 10.5 Å². The summed E-state index contributed by atoms with van der Waals surface area (Å²) < 4.78 is 8.75. The fourth-order valence-corrected chi connectivity index (χ4v) is 4.21. The molecule has 0 fully saturated rings. The van der Waals surface area contributed by atoms with Crippen molar-refractivity contribution in [3.05, 3.63) is 117 Å². The van der Waals surface area contributed by atoms with Crippen molar-refractivity contribution in [3.8, 4) is 0 Å². The van der Waals surface area contributed by atoms with Crippen LogP contribution < -0.4 is 0 Å². The highest BCUT2D eigenvalue weighted by Crippen LogP contribution is 2.30. The minimum absolute atomic E-state index is 0.326. The predicted molar refractivity (Wildman–Crippen MR) is 128 cm³/mol. The molecule has 0 aliphatic carbocycles. The second-order valence-corrected chi connectivity index (χ2v) is 8.64. The third-order valence-electron chi connectivity index (χ3n) is 5.42. The van der Waals surface area contributed by atoms with E-state index in [1.165, 1.54) is 11.1 Å². The SMILES string of the molecule is Cc1cccc(Cn2cc(C=C3C=C(c4ccc(Br)cc4)OC3=O)c3ccccc32)c1. The summed E-state index contributed by atoms with van der Waals surface area (Å²) in [7, 11) is 0. The molecule has 152 valence electrons. The molecule has 0 radical (unpaired) electrons. The number of cyclic esters (lactones) is 1. The van der Waals surface area contributed by atoms with Crippen LogP contribution in [0.25, 0.3) is 22.7 Å². The van der Waals surface area contributed by atoms with Crippen LogP contribution in [-0.2, 0) is 16.1 Å². The number of aryl methyl sites for hydroxylation is 1. The lowest BCUT2D eigenvalue weighted by Crippen LogP contribution is -1.98. The van der Waals surface area contributed by atoms with Crippen LogP contribution in [0.1, 0.15) is 22.3 Å². The van der Waals surface area contributed by atoms with Crippen molar-refractivity contribution in [1.29, 1.82) is 0 Å². The van der Waals surface area contributed by atoms with Crippen LogP contribution in [0.4, 0.5) is 0 Å². The Labute approximate surface area is 189 Å². The van der Waals surface area contributed by atoms with Gasteiger partial charge in [0, 0.05) is 39.2 Å². The molecule has 31 heavy (non-hydrogen) atoms. The minimum Gasteiger partial charge on any atom is -0.422 e. The molecule has 0 saturated carbocycles. The Morgan fingerprint density at radius 3 is 2.61 bits per heavy atom. The fraction of sp³-hybridized carbons (Fsp3) is 0.0741. The average Bonchev–Trinajstić information content (AvgIpc) is 3.30. The van der Waals surface area contributed by atoms with Gasteiger partial charge in [0.15, 0.2) is 0 Å². The Balaban J connectivity index is 1.53. The molecule has 1 aromatic heterocycles. The van der Waals surface area contributed by atoms with Crippen LogP contribution in [0, 0.1) is 6.92 Å². The predicted octanol–water partition coefficient (Wildman–Crippen LogP) is 6.74. The molecule has 0 atom stereocenters. The van der Waals surface area contributed by atoms with E-state index in [1.54, 1.807) is 0 Å². The van der Waals surface area contributed by atoms with E-state index in [0.29, 0.717) is 11.3 Å².